The number of hydrogen-bond donors (Lipinski definition) is 0. The summed E-state index contributed by atoms with van der Waals surface area (Å²) in [5.74, 6) is 2.13. The number of terminal acetylenes is 1. The second-order valence-corrected chi connectivity index (χ2v) is 4.09. The van der Waals surface area contributed by atoms with Gasteiger partial charge in [0.2, 0.25) is 4.47 Å². The van der Waals surface area contributed by atoms with Gasteiger partial charge in [-0.15, -0.1) is 11.5 Å². The summed E-state index contributed by atoms with van der Waals surface area (Å²) < 4.78 is 5.33. The summed E-state index contributed by atoms with van der Waals surface area (Å²) in [4.78, 5) is 12.7. The summed E-state index contributed by atoms with van der Waals surface area (Å²) in [6.07, 6.45) is 5.06. The quantitative estimate of drug-likeness (QED) is 0.732. The highest BCUT2D eigenvalue weighted by atomic mass is 35.5. The first-order valence-electron chi connectivity index (χ1n) is 3.92. The Morgan fingerprint density at radius 3 is 3.00 bits per heavy atom. The molecule has 0 saturated heterocycles. The minimum absolute atomic E-state index is 0.121. The maximum Gasteiger partial charge on any atom is 0.295 e. The lowest BCUT2D eigenvalue weighted by Gasteiger charge is -2.12. The Morgan fingerprint density at radius 2 is 2.47 bits per heavy atom. The van der Waals surface area contributed by atoms with Gasteiger partial charge < -0.3 is 9.64 Å². The predicted molar refractivity (Wildman–Crippen MR) is 56.9 cm³/mol. The van der Waals surface area contributed by atoms with Crippen molar-refractivity contribution >= 4 is 28.8 Å². The van der Waals surface area contributed by atoms with E-state index in [2.05, 4.69) is 16.1 Å². The van der Waals surface area contributed by atoms with Gasteiger partial charge in [0.1, 0.15) is 0 Å². The van der Waals surface area contributed by atoms with E-state index in [9.17, 15) is 4.79 Å². The lowest BCUT2D eigenvalue weighted by molar-refractivity contribution is -0.131. The van der Waals surface area contributed by atoms with E-state index in [1.807, 2.05) is 0 Å². The van der Waals surface area contributed by atoms with Gasteiger partial charge in [-0.1, -0.05) is 11.0 Å². The molecule has 1 rings (SSSR count). The molecule has 0 bridgehead atoms. The van der Waals surface area contributed by atoms with E-state index >= 15 is 0 Å². The van der Waals surface area contributed by atoms with Crippen LogP contribution in [-0.2, 0) is 4.79 Å². The maximum atomic E-state index is 11.3. The Hall–Kier alpha value is -1.32. The molecule has 0 spiro atoms. The van der Waals surface area contributed by atoms with Crippen LogP contribution in [0.25, 0.3) is 0 Å². The minimum atomic E-state index is -0.223. The Labute approximate surface area is 96.0 Å². The molecule has 80 valence electrons. The van der Waals surface area contributed by atoms with Crippen LogP contribution < -0.4 is 4.74 Å². The molecule has 1 aromatic heterocycles. The van der Waals surface area contributed by atoms with E-state index in [-0.39, 0.29) is 28.7 Å². The number of carbonyl (C=O) groups excluding carboxylic acids is 1. The molecule has 0 aliphatic heterocycles. The highest BCUT2D eigenvalue weighted by Gasteiger charge is 2.10. The third-order valence-corrected chi connectivity index (χ3v) is 2.39. The maximum absolute atomic E-state index is 11.3. The van der Waals surface area contributed by atoms with Gasteiger partial charge in [-0.3, -0.25) is 4.79 Å². The molecule has 0 saturated carbocycles. The minimum Gasteiger partial charge on any atom is -0.459 e. The van der Waals surface area contributed by atoms with Crippen LogP contribution in [0.1, 0.15) is 0 Å². The largest absolute Gasteiger partial charge is 0.459 e. The van der Waals surface area contributed by atoms with Crippen molar-refractivity contribution in [1.82, 2.24) is 15.1 Å². The first kappa shape index (κ1) is 11.8. The van der Waals surface area contributed by atoms with Crippen molar-refractivity contribution in [3.63, 3.8) is 0 Å². The van der Waals surface area contributed by atoms with Gasteiger partial charge in [0.15, 0.2) is 6.61 Å². The summed E-state index contributed by atoms with van der Waals surface area (Å²) in [7, 11) is 1.60. The molecular weight excluding hydrogens is 238 g/mol. The molecule has 1 heterocycles. The molecule has 15 heavy (non-hydrogen) atoms. The SMILES string of the molecule is C#CCN(C)C(=O)COc1nnc(Cl)s1. The van der Waals surface area contributed by atoms with E-state index < -0.39 is 0 Å². The van der Waals surface area contributed by atoms with Gasteiger partial charge in [-0.2, -0.15) is 0 Å². The number of likely N-dealkylation sites (N-methyl/N-ethyl adjacent to an activating group) is 1. The van der Waals surface area contributed by atoms with Crippen molar-refractivity contribution in [1.29, 1.82) is 0 Å². The normalized spacial score (nSPS) is 9.40. The van der Waals surface area contributed by atoms with E-state index in [1.165, 1.54) is 4.90 Å². The van der Waals surface area contributed by atoms with Crippen LogP contribution in [0.15, 0.2) is 0 Å². The lowest BCUT2D eigenvalue weighted by atomic mass is 10.5. The van der Waals surface area contributed by atoms with Crippen LogP contribution in [0.5, 0.6) is 5.19 Å². The second-order valence-electron chi connectivity index (χ2n) is 2.56. The summed E-state index contributed by atoms with van der Waals surface area (Å²) in [5.41, 5.74) is 0. The molecule has 0 aliphatic carbocycles. The molecule has 0 fully saturated rings. The molecule has 5 nitrogen and oxygen atoms in total. The fraction of sp³-hybridized carbons (Fsp3) is 0.375. The first-order chi connectivity index (χ1) is 7.13. The molecule has 0 aromatic carbocycles. The highest BCUT2D eigenvalue weighted by molar-refractivity contribution is 7.17. The predicted octanol–water partition coefficient (Wildman–Crippen LogP) is 0.662. The van der Waals surface area contributed by atoms with Crippen LogP contribution in [0.2, 0.25) is 4.47 Å². The molecule has 0 unspecified atom stereocenters. The molecule has 7 heteroatoms. The Kier molecular flexibility index (Phi) is 4.34. The zero-order valence-electron chi connectivity index (χ0n) is 7.94. The third-order valence-electron chi connectivity index (χ3n) is 1.46. The van der Waals surface area contributed by atoms with Gasteiger partial charge in [0.25, 0.3) is 11.1 Å². The smallest absolute Gasteiger partial charge is 0.295 e. The van der Waals surface area contributed by atoms with E-state index in [0.29, 0.717) is 0 Å². The Bertz CT molecular complexity index is 387. The zero-order valence-corrected chi connectivity index (χ0v) is 9.51. The van der Waals surface area contributed by atoms with Gasteiger partial charge in [-0.05, 0) is 22.9 Å². The number of ether oxygens (including phenoxy) is 1. The molecule has 1 amide bonds. The molecule has 0 N–H and O–H groups in total. The molecule has 0 aliphatic rings. The number of halogens is 1. The summed E-state index contributed by atoms with van der Waals surface area (Å²) in [6.45, 7) is 0.128. The fourth-order valence-electron chi connectivity index (χ4n) is 0.710. The van der Waals surface area contributed by atoms with Crippen LogP contribution in [0.4, 0.5) is 0 Å². The number of amides is 1. The number of hydrogen-bond acceptors (Lipinski definition) is 5. The van der Waals surface area contributed by atoms with Crippen LogP contribution in [0, 0.1) is 12.3 Å². The van der Waals surface area contributed by atoms with Crippen molar-refractivity contribution in [3.05, 3.63) is 4.47 Å². The third kappa shape index (κ3) is 3.73. The second kappa shape index (κ2) is 5.53. The summed E-state index contributed by atoms with van der Waals surface area (Å²) >= 11 is 6.60. The Morgan fingerprint density at radius 1 is 1.73 bits per heavy atom. The Balaban J connectivity index is 2.38. The standard InChI is InChI=1S/C8H8ClN3O2S/c1-3-4-12(2)6(13)5-14-8-11-10-7(9)15-8/h1H,4-5H2,2H3. The topological polar surface area (TPSA) is 55.3 Å². The van der Waals surface area contributed by atoms with Gasteiger partial charge in [0.05, 0.1) is 6.54 Å². The highest BCUT2D eigenvalue weighted by Crippen LogP contribution is 2.21. The number of carbonyl (C=O) groups is 1. The summed E-state index contributed by atoms with van der Waals surface area (Å²) in [6, 6.07) is 0. The summed E-state index contributed by atoms with van der Waals surface area (Å²) in [5, 5.41) is 7.39. The van der Waals surface area contributed by atoms with Crippen molar-refractivity contribution in [3.8, 4) is 17.5 Å². The van der Waals surface area contributed by atoms with Gasteiger partial charge in [0, 0.05) is 7.05 Å². The molecule has 0 radical (unpaired) electrons. The van der Waals surface area contributed by atoms with Crippen LogP contribution >= 0.6 is 22.9 Å². The first-order valence-corrected chi connectivity index (χ1v) is 5.12. The lowest BCUT2D eigenvalue weighted by Crippen LogP contribution is -2.31. The number of rotatable bonds is 4. The van der Waals surface area contributed by atoms with E-state index in [4.69, 9.17) is 22.8 Å². The molecule has 1 aromatic rings. The molecular formula is C8H8ClN3O2S. The number of nitrogens with zero attached hydrogens (tertiary/aromatic N) is 3. The van der Waals surface area contributed by atoms with E-state index in [1.54, 1.807) is 7.05 Å². The van der Waals surface area contributed by atoms with Crippen molar-refractivity contribution in [2.45, 2.75) is 0 Å². The van der Waals surface area contributed by atoms with Gasteiger partial charge >= 0.3 is 0 Å². The molecule has 0 atom stereocenters. The van der Waals surface area contributed by atoms with Crippen LogP contribution in [0.3, 0.4) is 0 Å². The number of aromatic nitrogens is 2. The average molecular weight is 246 g/mol. The van der Waals surface area contributed by atoms with Crippen molar-refractivity contribution in [2.75, 3.05) is 20.2 Å². The monoisotopic (exact) mass is 245 g/mol. The van der Waals surface area contributed by atoms with Gasteiger partial charge in [-0.25, -0.2) is 0 Å². The average Bonchev–Trinajstić information content (AvgIpc) is 2.61. The van der Waals surface area contributed by atoms with Crippen LogP contribution in [-0.4, -0.2) is 41.2 Å². The fourth-order valence-corrected chi connectivity index (χ4v) is 1.37. The van der Waals surface area contributed by atoms with E-state index in [0.717, 1.165) is 11.3 Å². The zero-order chi connectivity index (χ0) is 11.3. The van der Waals surface area contributed by atoms with Crippen molar-refractivity contribution in [2.24, 2.45) is 0 Å². The van der Waals surface area contributed by atoms with Crippen molar-refractivity contribution < 1.29 is 9.53 Å².